The van der Waals surface area contributed by atoms with Gasteiger partial charge in [0.05, 0.1) is 25.4 Å². The molecule has 0 N–H and O–H groups in total. The molecular weight excluding hydrogens is 284 g/mol. The quantitative estimate of drug-likeness (QED) is 0.540. The third-order valence-electron chi connectivity index (χ3n) is 3.18. The van der Waals surface area contributed by atoms with Gasteiger partial charge in [0, 0.05) is 0 Å². The first kappa shape index (κ1) is 18.0. The summed E-state index contributed by atoms with van der Waals surface area (Å²) in [5.74, 6) is -0.329. The van der Waals surface area contributed by atoms with Gasteiger partial charge in [0.1, 0.15) is 0 Å². The highest BCUT2D eigenvalue weighted by molar-refractivity contribution is 5.89. The van der Waals surface area contributed by atoms with Crippen molar-refractivity contribution in [2.24, 2.45) is 0 Å². The van der Waals surface area contributed by atoms with Crippen LogP contribution in [0.15, 0.2) is 24.3 Å². The number of aryl methyl sites for hydroxylation is 1. The second kappa shape index (κ2) is 9.82. The van der Waals surface area contributed by atoms with Crippen LogP contribution in [0.5, 0.6) is 0 Å². The number of hydrogen-bond acceptors (Lipinski definition) is 5. The maximum absolute atomic E-state index is 12.0. The minimum Gasteiger partial charge on any atom is -0.459 e. The summed E-state index contributed by atoms with van der Waals surface area (Å²) in [4.78, 5) is 22.7. The number of esters is 1. The maximum Gasteiger partial charge on any atom is 0.507 e. The summed E-state index contributed by atoms with van der Waals surface area (Å²) < 4.78 is 14.5. The molecule has 1 aromatic rings. The Balaban J connectivity index is 2.32. The molecule has 1 rings (SSSR count). The zero-order chi connectivity index (χ0) is 16.4. The van der Waals surface area contributed by atoms with Crippen molar-refractivity contribution in [3.05, 3.63) is 35.4 Å². The van der Waals surface area contributed by atoms with E-state index in [2.05, 4.69) is 11.7 Å². The minimum absolute atomic E-state index is 0.232. The molecule has 0 amide bonds. The summed E-state index contributed by atoms with van der Waals surface area (Å²) in [5.41, 5.74) is 1.77. The summed E-state index contributed by atoms with van der Waals surface area (Å²) in [5, 5.41) is 0. The lowest BCUT2D eigenvalue weighted by atomic mass is 10.1. The number of benzene rings is 1. The molecule has 0 heterocycles. The maximum atomic E-state index is 12.0. The molecule has 0 saturated carbocycles. The molecule has 5 heteroatoms. The Morgan fingerprint density at radius 3 is 2.45 bits per heavy atom. The average Bonchev–Trinajstić information content (AvgIpc) is 2.52. The van der Waals surface area contributed by atoms with Gasteiger partial charge in [0.15, 0.2) is 0 Å². The Kier molecular flexibility index (Phi) is 8.04. The number of hydrogen-bond donors (Lipinski definition) is 0. The summed E-state index contributed by atoms with van der Waals surface area (Å²) in [6.07, 6.45) is 2.39. The highest BCUT2D eigenvalue weighted by Gasteiger charge is 2.12. The van der Waals surface area contributed by atoms with Crippen molar-refractivity contribution in [2.45, 2.75) is 45.6 Å². The minimum atomic E-state index is -0.697. The van der Waals surface area contributed by atoms with Crippen molar-refractivity contribution in [2.75, 3.05) is 13.7 Å². The molecule has 1 atom stereocenters. The Morgan fingerprint density at radius 2 is 1.86 bits per heavy atom. The largest absolute Gasteiger partial charge is 0.507 e. The smallest absolute Gasteiger partial charge is 0.459 e. The third kappa shape index (κ3) is 6.61. The summed E-state index contributed by atoms with van der Waals surface area (Å²) in [6, 6.07) is 7.49. The first-order valence-electron chi connectivity index (χ1n) is 7.57. The van der Waals surface area contributed by atoms with Crippen LogP contribution in [-0.4, -0.2) is 31.9 Å². The van der Waals surface area contributed by atoms with Crippen molar-refractivity contribution in [3.63, 3.8) is 0 Å². The standard InChI is InChI=1S/C17H24O5/c1-4-6-14-8-10-15(11-9-14)16(18)22-13(2)7-5-12-21-17(19)20-3/h8-11,13H,4-7,12H2,1-3H3. The van der Waals surface area contributed by atoms with Crippen LogP contribution in [-0.2, 0) is 20.6 Å². The van der Waals surface area contributed by atoms with Crippen LogP contribution in [0, 0.1) is 0 Å². The topological polar surface area (TPSA) is 61.8 Å². The van der Waals surface area contributed by atoms with Crippen LogP contribution in [0.3, 0.4) is 0 Å². The summed E-state index contributed by atoms with van der Waals surface area (Å²) >= 11 is 0. The first-order chi connectivity index (χ1) is 10.6. The Bertz CT molecular complexity index is 466. The van der Waals surface area contributed by atoms with E-state index in [1.165, 1.54) is 12.7 Å². The van der Waals surface area contributed by atoms with Gasteiger partial charge in [-0.1, -0.05) is 25.5 Å². The van der Waals surface area contributed by atoms with Gasteiger partial charge in [0.25, 0.3) is 0 Å². The van der Waals surface area contributed by atoms with E-state index in [0.717, 1.165) is 12.8 Å². The fourth-order valence-corrected chi connectivity index (χ4v) is 1.99. The molecule has 0 saturated heterocycles. The van der Waals surface area contributed by atoms with E-state index >= 15 is 0 Å². The second-order valence-corrected chi connectivity index (χ2v) is 5.11. The van der Waals surface area contributed by atoms with Gasteiger partial charge >= 0.3 is 12.1 Å². The molecule has 0 spiro atoms. The molecule has 122 valence electrons. The SMILES string of the molecule is CCCc1ccc(C(=O)OC(C)CCCOC(=O)OC)cc1. The zero-order valence-corrected chi connectivity index (χ0v) is 13.5. The number of carbonyl (C=O) groups is 2. The fraction of sp³-hybridized carbons (Fsp3) is 0.529. The van der Waals surface area contributed by atoms with Gasteiger partial charge in [0.2, 0.25) is 0 Å². The Morgan fingerprint density at radius 1 is 1.18 bits per heavy atom. The number of ether oxygens (including phenoxy) is 3. The highest BCUT2D eigenvalue weighted by Crippen LogP contribution is 2.11. The molecule has 0 radical (unpaired) electrons. The first-order valence-corrected chi connectivity index (χ1v) is 7.57. The van der Waals surface area contributed by atoms with E-state index in [0.29, 0.717) is 18.4 Å². The van der Waals surface area contributed by atoms with Gasteiger partial charge in [-0.05, 0) is 43.9 Å². The zero-order valence-electron chi connectivity index (χ0n) is 13.5. The summed E-state index contributed by atoms with van der Waals surface area (Å²) in [7, 11) is 1.26. The van der Waals surface area contributed by atoms with Crippen LogP contribution in [0.25, 0.3) is 0 Å². The highest BCUT2D eigenvalue weighted by atomic mass is 16.7. The lowest BCUT2D eigenvalue weighted by Gasteiger charge is -2.13. The third-order valence-corrected chi connectivity index (χ3v) is 3.18. The molecule has 0 fully saturated rings. The molecule has 0 aliphatic carbocycles. The number of rotatable bonds is 8. The van der Waals surface area contributed by atoms with Crippen LogP contribution in [0.1, 0.15) is 49.0 Å². The monoisotopic (exact) mass is 308 g/mol. The van der Waals surface area contributed by atoms with Crippen molar-refractivity contribution in [1.29, 1.82) is 0 Å². The molecule has 1 aromatic carbocycles. The molecule has 22 heavy (non-hydrogen) atoms. The summed E-state index contributed by atoms with van der Waals surface area (Å²) in [6.45, 7) is 4.19. The molecule has 0 aromatic heterocycles. The normalized spacial score (nSPS) is 11.6. The van der Waals surface area contributed by atoms with E-state index in [1.54, 1.807) is 12.1 Å². The van der Waals surface area contributed by atoms with Gasteiger partial charge in [-0.2, -0.15) is 0 Å². The average molecular weight is 308 g/mol. The van der Waals surface area contributed by atoms with Crippen molar-refractivity contribution in [1.82, 2.24) is 0 Å². The Hall–Kier alpha value is -2.04. The van der Waals surface area contributed by atoms with Crippen molar-refractivity contribution in [3.8, 4) is 0 Å². The molecular formula is C17H24O5. The van der Waals surface area contributed by atoms with Crippen LogP contribution in [0.2, 0.25) is 0 Å². The van der Waals surface area contributed by atoms with Gasteiger partial charge in [-0.15, -0.1) is 0 Å². The van der Waals surface area contributed by atoms with E-state index in [4.69, 9.17) is 9.47 Å². The van der Waals surface area contributed by atoms with Gasteiger partial charge in [-0.25, -0.2) is 9.59 Å². The lowest BCUT2D eigenvalue weighted by Crippen LogP contribution is -2.16. The Labute approximate surface area is 131 Å². The molecule has 0 aliphatic rings. The van der Waals surface area contributed by atoms with E-state index in [9.17, 15) is 9.59 Å². The molecule has 0 bridgehead atoms. The van der Waals surface area contributed by atoms with Crippen molar-refractivity contribution < 1.29 is 23.8 Å². The molecule has 1 unspecified atom stereocenters. The van der Waals surface area contributed by atoms with Crippen molar-refractivity contribution >= 4 is 12.1 Å². The molecule has 0 aliphatic heterocycles. The molecule has 5 nitrogen and oxygen atoms in total. The lowest BCUT2D eigenvalue weighted by molar-refractivity contribution is 0.0287. The van der Waals surface area contributed by atoms with Crippen LogP contribution in [0.4, 0.5) is 4.79 Å². The predicted octanol–water partition coefficient (Wildman–Crippen LogP) is 3.75. The van der Waals surface area contributed by atoms with E-state index < -0.39 is 6.16 Å². The number of methoxy groups -OCH3 is 1. The van der Waals surface area contributed by atoms with E-state index in [1.807, 2.05) is 19.1 Å². The fourth-order valence-electron chi connectivity index (χ4n) is 1.99. The van der Waals surface area contributed by atoms with E-state index in [-0.39, 0.29) is 18.7 Å². The van der Waals surface area contributed by atoms with Gasteiger partial charge in [-0.3, -0.25) is 0 Å². The van der Waals surface area contributed by atoms with Crippen LogP contribution >= 0.6 is 0 Å². The predicted molar refractivity (Wildman–Crippen MR) is 82.9 cm³/mol. The number of carbonyl (C=O) groups excluding carboxylic acids is 2. The van der Waals surface area contributed by atoms with Gasteiger partial charge < -0.3 is 14.2 Å². The van der Waals surface area contributed by atoms with Crippen LogP contribution < -0.4 is 0 Å². The second-order valence-electron chi connectivity index (χ2n) is 5.11.